The molecule has 1 amide bonds. The van der Waals surface area contributed by atoms with Gasteiger partial charge < -0.3 is 10.3 Å². The van der Waals surface area contributed by atoms with E-state index >= 15 is 0 Å². The molecule has 4 rings (SSSR count). The van der Waals surface area contributed by atoms with Crippen molar-refractivity contribution in [1.29, 1.82) is 0 Å². The van der Waals surface area contributed by atoms with Gasteiger partial charge in [-0.3, -0.25) is 9.59 Å². The zero-order chi connectivity index (χ0) is 19.0. The maximum atomic E-state index is 13.0. The van der Waals surface area contributed by atoms with Gasteiger partial charge in [0.05, 0.1) is 6.42 Å². The van der Waals surface area contributed by atoms with Crippen LogP contribution in [0.25, 0.3) is 21.7 Å². The zero-order valence-electron chi connectivity index (χ0n) is 14.7. The number of halogens is 1. The monoisotopic (exact) mass is 360 g/mol. The third kappa shape index (κ3) is 3.31. The van der Waals surface area contributed by atoms with Crippen LogP contribution < -0.4 is 10.9 Å². The van der Waals surface area contributed by atoms with Crippen molar-refractivity contribution in [1.82, 2.24) is 4.98 Å². The molecule has 27 heavy (non-hydrogen) atoms. The molecule has 0 atom stereocenters. The van der Waals surface area contributed by atoms with Crippen LogP contribution in [-0.4, -0.2) is 10.9 Å². The highest BCUT2D eigenvalue weighted by Gasteiger charge is 2.11. The molecule has 4 nitrogen and oxygen atoms in total. The van der Waals surface area contributed by atoms with Crippen LogP contribution in [-0.2, 0) is 11.2 Å². The Morgan fingerprint density at radius 1 is 1.00 bits per heavy atom. The Labute approximate surface area is 154 Å². The number of H-pyrrole nitrogens is 1. The molecule has 0 saturated carbocycles. The van der Waals surface area contributed by atoms with Gasteiger partial charge in [0.15, 0.2) is 0 Å². The quantitative estimate of drug-likeness (QED) is 0.535. The van der Waals surface area contributed by atoms with E-state index in [1.165, 1.54) is 12.1 Å². The molecule has 0 aliphatic rings. The van der Waals surface area contributed by atoms with Crippen molar-refractivity contribution in [2.75, 3.05) is 5.32 Å². The Kier molecular flexibility index (Phi) is 4.20. The van der Waals surface area contributed by atoms with Crippen LogP contribution in [0.1, 0.15) is 11.1 Å². The van der Waals surface area contributed by atoms with Gasteiger partial charge in [0.25, 0.3) is 5.56 Å². The predicted molar refractivity (Wildman–Crippen MR) is 106 cm³/mol. The fourth-order valence-corrected chi connectivity index (χ4v) is 3.26. The molecule has 3 aromatic carbocycles. The van der Waals surface area contributed by atoms with Gasteiger partial charge in [-0.05, 0) is 53.8 Å². The van der Waals surface area contributed by atoms with E-state index in [1.807, 2.05) is 37.3 Å². The molecule has 134 valence electrons. The molecule has 0 spiro atoms. The summed E-state index contributed by atoms with van der Waals surface area (Å²) < 4.78 is 13.0. The Balaban J connectivity index is 1.71. The highest BCUT2D eigenvalue weighted by atomic mass is 19.1. The van der Waals surface area contributed by atoms with Crippen LogP contribution in [0.15, 0.2) is 65.5 Å². The number of carbonyl (C=O) groups is 1. The molecule has 1 aromatic heterocycles. The lowest BCUT2D eigenvalue weighted by Gasteiger charge is -2.12. The van der Waals surface area contributed by atoms with Crippen LogP contribution in [0, 0.1) is 12.7 Å². The Bertz CT molecular complexity index is 1230. The average molecular weight is 360 g/mol. The maximum Gasteiger partial charge on any atom is 0.256 e. The van der Waals surface area contributed by atoms with E-state index in [4.69, 9.17) is 0 Å². The molecule has 5 heteroatoms. The number of aryl methyl sites for hydroxylation is 1. The minimum Gasteiger partial charge on any atom is -0.326 e. The van der Waals surface area contributed by atoms with Gasteiger partial charge in [-0.15, -0.1) is 0 Å². The maximum absolute atomic E-state index is 13.0. The fraction of sp³-hybridized carbons (Fsp3) is 0.0909. The van der Waals surface area contributed by atoms with Crippen LogP contribution >= 0.6 is 0 Å². The minimum absolute atomic E-state index is 0.134. The number of fused-ring (bicyclic) bond motifs is 3. The third-order valence-corrected chi connectivity index (χ3v) is 4.63. The molecule has 0 aliphatic heterocycles. The van der Waals surface area contributed by atoms with Crippen molar-refractivity contribution in [3.63, 3.8) is 0 Å². The summed E-state index contributed by atoms with van der Waals surface area (Å²) >= 11 is 0. The first kappa shape index (κ1) is 17.0. The van der Waals surface area contributed by atoms with Crippen molar-refractivity contribution in [3.8, 4) is 0 Å². The second kappa shape index (κ2) is 6.68. The molecule has 0 radical (unpaired) electrons. The van der Waals surface area contributed by atoms with Gasteiger partial charge in [0.1, 0.15) is 5.82 Å². The van der Waals surface area contributed by atoms with Crippen molar-refractivity contribution in [2.45, 2.75) is 13.3 Å². The Hall–Kier alpha value is -3.47. The minimum atomic E-state index is -0.328. The van der Waals surface area contributed by atoms with Gasteiger partial charge in [-0.2, -0.15) is 0 Å². The normalized spacial score (nSPS) is 11.0. The lowest BCUT2D eigenvalue weighted by atomic mass is 10.0. The zero-order valence-corrected chi connectivity index (χ0v) is 14.7. The van der Waals surface area contributed by atoms with E-state index in [2.05, 4.69) is 10.3 Å². The van der Waals surface area contributed by atoms with E-state index in [9.17, 15) is 14.0 Å². The number of rotatable bonds is 3. The summed E-state index contributed by atoms with van der Waals surface area (Å²) in [6.07, 6.45) is 0.157. The lowest BCUT2D eigenvalue weighted by Crippen LogP contribution is -2.15. The summed E-state index contributed by atoms with van der Waals surface area (Å²) in [6.45, 7) is 1.88. The van der Waals surface area contributed by atoms with Gasteiger partial charge >= 0.3 is 0 Å². The largest absolute Gasteiger partial charge is 0.326 e. The predicted octanol–water partition coefficient (Wildman–Crippen LogP) is 4.31. The summed E-state index contributed by atoms with van der Waals surface area (Å²) in [6, 6.07) is 17.0. The van der Waals surface area contributed by atoms with Crippen LogP contribution in [0.2, 0.25) is 0 Å². The topological polar surface area (TPSA) is 62.0 Å². The number of aromatic amines is 1. The van der Waals surface area contributed by atoms with Crippen molar-refractivity contribution < 1.29 is 9.18 Å². The molecular weight excluding hydrogens is 343 g/mol. The number of anilines is 1. The van der Waals surface area contributed by atoms with E-state index in [-0.39, 0.29) is 23.7 Å². The fourth-order valence-electron chi connectivity index (χ4n) is 3.26. The molecule has 2 N–H and O–H groups in total. The van der Waals surface area contributed by atoms with Gasteiger partial charge in [-0.25, -0.2) is 4.39 Å². The number of amides is 1. The standard InChI is InChI=1S/C22H17FN2O2/c1-13-10-20-18(16-4-2-3-5-17(16)22(27)25-20)12-19(13)24-21(26)11-14-6-8-15(23)9-7-14/h2-10,12H,11H2,1H3,(H,24,26)(H,25,27). The molecule has 0 bridgehead atoms. The Morgan fingerprint density at radius 3 is 2.44 bits per heavy atom. The van der Waals surface area contributed by atoms with E-state index in [0.29, 0.717) is 11.1 Å². The van der Waals surface area contributed by atoms with Crippen molar-refractivity contribution >= 4 is 33.3 Å². The first-order valence-electron chi connectivity index (χ1n) is 8.61. The van der Waals surface area contributed by atoms with Crippen LogP contribution in [0.4, 0.5) is 10.1 Å². The molecule has 0 aliphatic carbocycles. The number of nitrogens with one attached hydrogen (secondary N) is 2. The highest BCUT2D eigenvalue weighted by molar-refractivity contribution is 6.07. The summed E-state index contributed by atoms with van der Waals surface area (Å²) in [7, 11) is 0. The molecule has 0 saturated heterocycles. The summed E-state index contributed by atoms with van der Waals surface area (Å²) in [5.41, 5.74) is 2.87. The molecule has 0 fully saturated rings. The molecular formula is C22H17FN2O2. The molecule has 1 heterocycles. The van der Waals surface area contributed by atoms with Crippen molar-refractivity contribution in [2.24, 2.45) is 0 Å². The van der Waals surface area contributed by atoms with E-state index in [0.717, 1.165) is 27.4 Å². The SMILES string of the molecule is Cc1cc2[nH]c(=O)c3ccccc3c2cc1NC(=O)Cc1ccc(F)cc1. The smallest absolute Gasteiger partial charge is 0.256 e. The summed E-state index contributed by atoms with van der Waals surface area (Å²) in [5, 5.41) is 5.24. The third-order valence-electron chi connectivity index (χ3n) is 4.63. The van der Waals surface area contributed by atoms with Crippen LogP contribution in [0.5, 0.6) is 0 Å². The summed E-state index contributed by atoms with van der Waals surface area (Å²) in [5.74, 6) is -0.511. The number of hydrogen-bond donors (Lipinski definition) is 2. The van der Waals surface area contributed by atoms with Gasteiger partial charge in [0, 0.05) is 22.0 Å². The Morgan fingerprint density at radius 2 is 1.70 bits per heavy atom. The first-order chi connectivity index (χ1) is 13.0. The van der Waals surface area contributed by atoms with Crippen molar-refractivity contribution in [3.05, 3.63) is 88.0 Å². The van der Waals surface area contributed by atoms with Crippen LogP contribution in [0.3, 0.4) is 0 Å². The highest BCUT2D eigenvalue weighted by Crippen LogP contribution is 2.27. The molecule has 4 aromatic rings. The number of aromatic nitrogens is 1. The number of hydrogen-bond acceptors (Lipinski definition) is 2. The second-order valence-corrected chi connectivity index (χ2v) is 6.56. The average Bonchev–Trinajstić information content (AvgIpc) is 2.65. The van der Waals surface area contributed by atoms with E-state index < -0.39 is 0 Å². The first-order valence-corrected chi connectivity index (χ1v) is 8.61. The number of pyridine rings is 1. The van der Waals surface area contributed by atoms with Gasteiger partial charge in [0.2, 0.25) is 5.91 Å². The van der Waals surface area contributed by atoms with Gasteiger partial charge in [-0.1, -0.05) is 30.3 Å². The number of benzene rings is 3. The lowest BCUT2D eigenvalue weighted by molar-refractivity contribution is -0.115. The summed E-state index contributed by atoms with van der Waals surface area (Å²) in [4.78, 5) is 27.5. The molecule has 0 unspecified atom stereocenters. The van der Waals surface area contributed by atoms with E-state index in [1.54, 1.807) is 18.2 Å². The second-order valence-electron chi connectivity index (χ2n) is 6.56. The number of carbonyl (C=O) groups excluding carboxylic acids is 1.